The van der Waals surface area contributed by atoms with Crippen molar-refractivity contribution in [2.75, 3.05) is 17.6 Å². The molecule has 3 heterocycles. The fourth-order valence-electron chi connectivity index (χ4n) is 3.78. The fraction of sp³-hybridized carbons (Fsp3) is 0.333. The lowest BCUT2D eigenvalue weighted by atomic mass is 9.90. The highest BCUT2D eigenvalue weighted by Gasteiger charge is 2.35. The quantitative estimate of drug-likeness (QED) is 0.353. The first-order valence-corrected chi connectivity index (χ1v) is 11.4. The third-order valence-electron chi connectivity index (χ3n) is 5.31. The maximum atomic E-state index is 14.0. The molecule has 1 fully saturated rings. The Morgan fingerprint density at radius 2 is 1.94 bits per heavy atom. The number of nitrogens with zero attached hydrogens (tertiary/aromatic N) is 5. The number of ether oxygens (including phenoxy) is 1. The van der Waals surface area contributed by atoms with Crippen LogP contribution in [0, 0.1) is 17.6 Å². The van der Waals surface area contributed by atoms with E-state index in [-0.39, 0.29) is 23.4 Å². The summed E-state index contributed by atoms with van der Waals surface area (Å²) in [5.74, 6) is -0.775. The van der Waals surface area contributed by atoms with E-state index in [4.69, 9.17) is 4.74 Å². The van der Waals surface area contributed by atoms with E-state index in [1.54, 1.807) is 4.90 Å². The van der Waals surface area contributed by atoms with Crippen molar-refractivity contribution in [3.8, 4) is 11.6 Å². The third kappa shape index (κ3) is 4.83. The van der Waals surface area contributed by atoms with Gasteiger partial charge in [-0.1, -0.05) is 22.6 Å². The van der Waals surface area contributed by atoms with Crippen LogP contribution >= 0.6 is 22.6 Å². The SMILES string of the molecule is O=C(c1cc(F)ccc1-n1nccn1)N1CCC[C@H](COc2ccc(F)cn2)C1CI. The van der Waals surface area contributed by atoms with Gasteiger partial charge in [-0.05, 0) is 37.1 Å². The second-order valence-electron chi connectivity index (χ2n) is 7.23. The Bertz CT molecular complexity index is 1030. The van der Waals surface area contributed by atoms with Crippen LogP contribution < -0.4 is 4.74 Å². The van der Waals surface area contributed by atoms with Gasteiger partial charge in [0.1, 0.15) is 11.6 Å². The predicted molar refractivity (Wildman–Crippen MR) is 117 cm³/mol. The number of benzene rings is 1. The van der Waals surface area contributed by atoms with Gasteiger partial charge in [0.15, 0.2) is 0 Å². The molecule has 1 unspecified atom stereocenters. The smallest absolute Gasteiger partial charge is 0.256 e. The molecule has 1 aliphatic heterocycles. The topological polar surface area (TPSA) is 73.1 Å². The highest BCUT2D eigenvalue weighted by molar-refractivity contribution is 14.1. The zero-order valence-electron chi connectivity index (χ0n) is 16.5. The Labute approximate surface area is 191 Å². The van der Waals surface area contributed by atoms with Crippen molar-refractivity contribution >= 4 is 28.5 Å². The van der Waals surface area contributed by atoms with Gasteiger partial charge in [0.05, 0.1) is 36.4 Å². The number of carbonyl (C=O) groups excluding carboxylic acids is 1. The summed E-state index contributed by atoms with van der Waals surface area (Å²) in [7, 11) is 0. The first kappa shape index (κ1) is 21.6. The van der Waals surface area contributed by atoms with Crippen LogP contribution in [0.3, 0.4) is 0 Å². The van der Waals surface area contributed by atoms with Gasteiger partial charge in [-0.3, -0.25) is 4.79 Å². The Morgan fingerprint density at radius 3 is 2.65 bits per heavy atom. The van der Waals surface area contributed by atoms with E-state index in [2.05, 4.69) is 37.8 Å². The van der Waals surface area contributed by atoms with Crippen molar-refractivity contribution in [1.29, 1.82) is 0 Å². The predicted octanol–water partition coefficient (Wildman–Crippen LogP) is 3.68. The number of carbonyl (C=O) groups is 1. The van der Waals surface area contributed by atoms with E-state index in [9.17, 15) is 13.6 Å². The van der Waals surface area contributed by atoms with Gasteiger partial charge in [0.2, 0.25) is 5.88 Å². The molecule has 2 atom stereocenters. The van der Waals surface area contributed by atoms with E-state index >= 15 is 0 Å². The van der Waals surface area contributed by atoms with E-state index in [0.29, 0.717) is 29.1 Å². The van der Waals surface area contributed by atoms with Crippen molar-refractivity contribution in [2.45, 2.75) is 18.9 Å². The second kappa shape index (κ2) is 9.67. The molecule has 0 aliphatic carbocycles. The highest BCUT2D eigenvalue weighted by atomic mass is 127. The lowest BCUT2D eigenvalue weighted by molar-refractivity contribution is 0.0464. The van der Waals surface area contributed by atoms with Gasteiger partial charge < -0.3 is 9.64 Å². The minimum Gasteiger partial charge on any atom is -0.477 e. The molecule has 1 aliphatic rings. The van der Waals surface area contributed by atoms with Gasteiger partial charge in [-0.2, -0.15) is 15.0 Å². The number of amides is 1. The van der Waals surface area contributed by atoms with Crippen LogP contribution in [0.15, 0.2) is 48.9 Å². The van der Waals surface area contributed by atoms with Gasteiger partial charge in [0, 0.05) is 29.0 Å². The molecule has 1 amide bonds. The largest absolute Gasteiger partial charge is 0.477 e. The first-order chi connectivity index (χ1) is 15.1. The van der Waals surface area contributed by atoms with Crippen LogP contribution in [-0.2, 0) is 0 Å². The van der Waals surface area contributed by atoms with Crippen molar-refractivity contribution in [3.05, 3.63) is 66.1 Å². The molecular formula is C21H20F2IN5O2. The number of halogens is 3. The number of likely N-dealkylation sites (tertiary alicyclic amines) is 1. The minimum absolute atomic E-state index is 0.0706. The minimum atomic E-state index is -0.496. The summed E-state index contributed by atoms with van der Waals surface area (Å²) in [6, 6.07) is 6.71. The summed E-state index contributed by atoms with van der Waals surface area (Å²) < 4.78 is 33.6. The van der Waals surface area contributed by atoms with Crippen molar-refractivity contribution in [2.24, 2.45) is 5.92 Å². The molecule has 31 heavy (non-hydrogen) atoms. The molecule has 0 radical (unpaired) electrons. The van der Waals surface area contributed by atoms with Crippen molar-refractivity contribution in [1.82, 2.24) is 24.9 Å². The zero-order valence-corrected chi connectivity index (χ0v) is 18.7. The number of hydrogen-bond donors (Lipinski definition) is 0. The molecule has 4 rings (SSSR count). The summed E-state index contributed by atoms with van der Waals surface area (Å²) in [5, 5.41) is 8.17. The summed E-state index contributed by atoms with van der Waals surface area (Å²) in [6.07, 6.45) is 5.80. The molecule has 1 saturated heterocycles. The average Bonchev–Trinajstić information content (AvgIpc) is 3.32. The number of alkyl halides is 1. The number of hydrogen-bond acceptors (Lipinski definition) is 5. The molecule has 3 aromatic rings. The number of aromatic nitrogens is 4. The fourth-order valence-corrected chi connectivity index (χ4v) is 4.98. The van der Waals surface area contributed by atoms with Gasteiger partial charge in [-0.15, -0.1) is 0 Å². The molecule has 0 spiro atoms. The Morgan fingerprint density at radius 1 is 1.16 bits per heavy atom. The van der Waals surface area contributed by atoms with E-state index < -0.39 is 11.6 Å². The monoisotopic (exact) mass is 539 g/mol. The van der Waals surface area contributed by atoms with E-state index in [1.807, 2.05) is 0 Å². The number of pyridine rings is 1. The lowest BCUT2D eigenvalue weighted by Crippen LogP contribution is -2.51. The molecule has 162 valence electrons. The van der Waals surface area contributed by atoms with Gasteiger partial charge in [0.25, 0.3) is 5.91 Å². The molecule has 10 heteroatoms. The highest BCUT2D eigenvalue weighted by Crippen LogP contribution is 2.29. The van der Waals surface area contributed by atoms with Crippen LogP contribution in [0.4, 0.5) is 8.78 Å². The molecule has 7 nitrogen and oxygen atoms in total. The second-order valence-corrected chi connectivity index (χ2v) is 8.11. The molecule has 0 N–H and O–H groups in total. The van der Waals surface area contributed by atoms with Crippen LogP contribution in [0.25, 0.3) is 5.69 Å². The van der Waals surface area contributed by atoms with E-state index in [1.165, 1.54) is 47.5 Å². The first-order valence-electron chi connectivity index (χ1n) is 9.84. The number of piperidine rings is 1. The van der Waals surface area contributed by atoms with Crippen LogP contribution in [-0.4, -0.2) is 54.4 Å². The van der Waals surface area contributed by atoms with Crippen molar-refractivity contribution in [3.63, 3.8) is 0 Å². The molecule has 1 aromatic carbocycles. The lowest BCUT2D eigenvalue weighted by Gasteiger charge is -2.40. The molecule has 0 bridgehead atoms. The van der Waals surface area contributed by atoms with Crippen LogP contribution in [0.2, 0.25) is 0 Å². The van der Waals surface area contributed by atoms with Gasteiger partial charge >= 0.3 is 0 Å². The number of rotatable bonds is 6. The molecular weight excluding hydrogens is 519 g/mol. The summed E-state index contributed by atoms with van der Waals surface area (Å²) in [5.41, 5.74) is 0.644. The van der Waals surface area contributed by atoms with Gasteiger partial charge in [-0.25, -0.2) is 13.8 Å². The molecule has 2 aromatic heterocycles. The zero-order chi connectivity index (χ0) is 21.8. The third-order valence-corrected chi connectivity index (χ3v) is 6.21. The average molecular weight is 539 g/mol. The summed E-state index contributed by atoms with van der Waals surface area (Å²) >= 11 is 2.26. The summed E-state index contributed by atoms with van der Waals surface area (Å²) in [4.78, 5) is 20.5. The maximum absolute atomic E-state index is 14.0. The van der Waals surface area contributed by atoms with Crippen LogP contribution in [0.1, 0.15) is 23.2 Å². The van der Waals surface area contributed by atoms with Crippen molar-refractivity contribution < 1.29 is 18.3 Å². The maximum Gasteiger partial charge on any atom is 0.256 e. The normalized spacial score (nSPS) is 18.7. The standard InChI is InChI=1S/C21H20F2IN5O2/c22-15-3-5-18(29-26-7-8-27-29)17(10-15)21(30)28-9-1-2-14(19(28)11-24)13-31-20-6-4-16(23)12-25-20/h3-8,10,12,14,19H,1-2,9,11,13H2/t14-,19?/m1/s1. The Balaban J connectivity index is 1.55. The molecule has 0 saturated carbocycles. The Kier molecular flexibility index (Phi) is 6.73. The summed E-state index contributed by atoms with van der Waals surface area (Å²) in [6.45, 7) is 0.924. The Hall–Kier alpha value is -2.63. The van der Waals surface area contributed by atoms with Crippen LogP contribution in [0.5, 0.6) is 5.88 Å². The van der Waals surface area contributed by atoms with E-state index in [0.717, 1.165) is 19.0 Å².